The third-order valence-electron chi connectivity index (χ3n) is 4.97. The van der Waals surface area contributed by atoms with Crippen molar-refractivity contribution in [2.24, 2.45) is 17.8 Å². The van der Waals surface area contributed by atoms with Crippen molar-refractivity contribution in [2.45, 2.75) is 70.9 Å². The Morgan fingerprint density at radius 3 is 2.59 bits per heavy atom. The van der Waals surface area contributed by atoms with Crippen molar-refractivity contribution in [3.8, 4) is 0 Å². The van der Waals surface area contributed by atoms with Gasteiger partial charge >= 0.3 is 0 Å². The standard InChI is InChI=1S/C15H29NO/c1-11-7-8-12(2)14(9-11)16-10-13-5-3-4-6-15(13)17/h11-17H,3-10H2,1-2H3. The fourth-order valence-electron chi connectivity index (χ4n) is 3.55. The van der Waals surface area contributed by atoms with Gasteiger partial charge in [-0.2, -0.15) is 0 Å². The largest absolute Gasteiger partial charge is 0.393 e. The van der Waals surface area contributed by atoms with Crippen LogP contribution in [-0.4, -0.2) is 23.8 Å². The number of aliphatic hydroxyl groups excluding tert-OH is 1. The van der Waals surface area contributed by atoms with Crippen LogP contribution in [0.2, 0.25) is 0 Å². The second-order valence-electron chi connectivity index (χ2n) is 6.52. The molecule has 5 unspecified atom stereocenters. The summed E-state index contributed by atoms with van der Waals surface area (Å²) in [5.74, 6) is 2.19. The Morgan fingerprint density at radius 1 is 1.06 bits per heavy atom. The molecule has 0 spiro atoms. The molecule has 0 heterocycles. The lowest BCUT2D eigenvalue weighted by Crippen LogP contribution is -2.44. The highest BCUT2D eigenvalue weighted by Crippen LogP contribution is 2.29. The van der Waals surface area contributed by atoms with E-state index >= 15 is 0 Å². The predicted molar refractivity (Wildman–Crippen MR) is 71.9 cm³/mol. The van der Waals surface area contributed by atoms with Crippen LogP contribution in [0, 0.1) is 17.8 Å². The monoisotopic (exact) mass is 239 g/mol. The summed E-state index contributed by atoms with van der Waals surface area (Å²) >= 11 is 0. The molecule has 2 fully saturated rings. The maximum Gasteiger partial charge on any atom is 0.0580 e. The van der Waals surface area contributed by atoms with Crippen molar-refractivity contribution >= 4 is 0 Å². The quantitative estimate of drug-likeness (QED) is 0.793. The second kappa shape index (κ2) is 6.19. The predicted octanol–water partition coefficient (Wildman–Crippen LogP) is 2.95. The van der Waals surface area contributed by atoms with E-state index in [1.54, 1.807) is 0 Å². The van der Waals surface area contributed by atoms with Crippen LogP contribution >= 0.6 is 0 Å². The van der Waals surface area contributed by atoms with Gasteiger partial charge in [-0.3, -0.25) is 0 Å². The first kappa shape index (κ1) is 13.4. The van der Waals surface area contributed by atoms with Gasteiger partial charge in [-0.1, -0.05) is 33.1 Å². The Labute approximate surface area is 106 Å². The molecule has 100 valence electrons. The van der Waals surface area contributed by atoms with E-state index in [1.165, 1.54) is 38.5 Å². The molecule has 0 bridgehead atoms. The van der Waals surface area contributed by atoms with Gasteiger partial charge in [-0.25, -0.2) is 0 Å². The molecule has 0 aromatic carbocycles. The van der Waals surface area contributed by atoms with Gasteiger partial charge in [-0.05, 0) is 43.4 Å². The van der Waals surface area contributed by atoms with Gasteiger partial charge in [0.25, 0.3) is 0 Å². The van der Waals surface area contributed by atoms with Crippen LogP contribution in [0.4, 0.5) is 0 Å². The van der Waals surface area contributed by atoms with Crippen molar-refractivity contribution in [3.05, 3.63) is 0 Å². The molecule has 0 aromatic rings. The third-order valence-corrected chi connectivity index (χ3v) is 4.97. The molecule has 17 heavy (non-hydrogen) atoms. The van der Waals surface area contributed by atoms with Gasteiger partial charge in [-0.15, -0.1) is 0 Å². The molecule has 2 rings (SSSR count). The molecule has 2 saturated carbocycles. The molecule has 2 nitrogen and oxygen atoms in total. The maximum atomic E-state index is 9.98. The van der Waals surface area contributed by atoms with Crippen LogP contribution in [0.25, 0.3) is 0 Å². The van der Waals surface area contributed by atoms with E-state index in [-0.39, 0.29) is 6.10 Å². The highest BCUT2D eigenvalue weighted by Gasteiger charge is 2.28. The minimum Gasteiger partial charge on any atom is -0.393 e. The summed E-state index contributed by atoms with van der Waals surface area (Å²) in [6.45, 7) is 5.78. The van der Waals surface area contributed by atoms with Crippen molar-refractivity contribution < 1.29 is 5.11 Å². The second-order valence-corrected chi connectivity index (χ2v) is 6.52. The molecule has 0 amide bonds. The number of nitrogens with one attached hydrogen (secondary N) is 1. The molecule has 0 radical (unpaired) electrons. The van der Waals surface area contributed by atoms with E-state index in [4.69, 9.17) is 0 Å². The Kier molecular flexibility index (Phi) is 4.87. The third kappa shape index (κ3) is 3.69. The van der Waals surface area contributed by atoms with Crippen LogP contribution in [0.5, 0.6) is 0 Å². The highest BCUT2D eigenvalue weighted by atomic mass is 16.3. The molecule has 2 N–H and O–H groups in total. The summed E-state index contributed by atoms with van der Waals surface area (Å²) in [6.07, 6.45) is 8.79. The molecule has 2 aliphatic carbocycles. The Hall–Kier alpha value is -0.0800. The number of rotatable bonds is 3. The van der Waals surface area contributed by atoms with Crippen molar-refractivity contribution in [1.29, 1.82) is 0 Å². The summed E-state index contributed by atoms with van der Waals surface area (Å²) in [6, 6.07) is 0.688. The first-order valence-electron chi connectivity index (χ1n) is 7.58. The van der Waals surface area contributed by atoms with E-state index in [0.29, 0.717) is 12.0 Å². The van der Waals surface area contributed by atoms with Gasteiger partial charge in [0.2, 0.25) is 0 Å². The number of hydrogen-bond acceptors (Lipinski definition) is 2. The summed E-state index contributed by atoms with van der Waals surface area (Å²) in [7, 11) is 0. The van der Waals surface area contributed by atoms with E-state index in [9.17, 15) is 5.11 Å². The molecule has 2 aliphatic rings. The lowest BCUT2D eigenvalue weighted by molar-refractivity contribution is 0.0647. The van der Waals surface area contributed by atoms with Crippen LogP contribution in [0.15, 0.2) is 0 Å². The zero-order chi connectivity index (χ0) is 12.3. The Morgan fingerprint density at radius 2 is 1.82 bits per heavy atom. The lowest BCUT2D eigenvalue weighted by atomic mass is 9.79. The summed E-state index contributed by atoms with van der Waals surface area (Å²) in [5.41, 5.74) is 0. The van der Waals surface area contributed by atoms with Crippen molar-refractivity contribution in [3.63, 3.8) is 0 Å². The average Bonchev–Trinajstić information content (AvgIpc) is 2.32. The SMILES string of the molecule is CC1CCC(C)C(NCC2CCCCC2O)C1. The maximum absolute atomic E-state index is 9.98. The molecule has 0 aliphatic heterocycles. The first-order chi connectivity index (χ1) is 8.16. The van der Waals surface area contributed by atoms with Crippen LogP contribution < -0.4 is 5.32 Å². The minimum absolute atomic E-state index is 0.0485. The number of aliphatic hydroxyl groups is 1. The number of hydrogen-bond donors (Lipinski definition) is 2. The summed E-state index contributed by atoms with van der Waals surface area (Å²) in [4.78, 5) is 0. The van der Waals surface area contributed by atoms with Gasteiger partial charge in [0.05, 0.1) is 6.10 Å². The molecule has 0 aromatic heterocycles. The fourth-order valence-corrected chi connectivity index (χ4v) is 3.55. The zero-order valence-electron chi connectivity index (χ0n) is 11.5. The Balaban J connectivity index is 1.76. The molecule has 2 heteroatoms. The van der Waals surface area contributed by atoms with Crippen LogP contribution in [0.1, 0.15) is 58.8 Å². The zero-order valence-corrected chi connectivity index (χ0v) is 11.5. The normalized spacial score (nSPS) is 43.6. The van der Waals surface area contributed by atoms with Crippen LogP contribution in [-0.2, 0) is 0 Å². The molecule has 0 saturated heterocycles. The lowest BCUT2D eigenvalue weighted by Gasteiger charge is -2.36. The Bertz CT molecular complexity index is 231. The van der Waals surface area contributed by atoms with E-state index in [2.05, 4.69) is 19.2 Å². The van der Waals surface area contributed by atoms with E-state index in [0.717, 1.165) is 24.8 Å². The molecular formula is C15H29NO. The smallest absolute Gasteiger partial charge is 0.0580 e. The van der Waals surface area contributed by atoms with Gasteiger partial charge in [0.15, 0.2) is 0 Å². The van der Waals surface area contributed by atoms with Gasteiger partial charge < -0.3 is 10.4 Å². The average molecular weight is 239 g/mol. The van der Waals surface area contributed by atoms with E-state index < -0.39 is 0 Å². The highest BCUT2D eigenvalue weighted by molar-refractivity contribution is 4.84. The topological polar surface area (TPSA) is 32.3 Å². The summed E-state index contributed by atoms with van der Waals surface area (Å²) < 4.78 is 0. The fraction of sp³-hybridized carbons (Fsp3) is 1.00. The van der Waals surface area contributed by atoms with Gasteiger partial charge in [0, 0.05) is 12.6 Å². The summed E-state index contributed by atoms with van der Waals surface area (Å²) in [5, 5.41) is 13.7. The van der Waals surface area contributed by atoms with Crippen molar-refractivity contribution in [1.82, 2.24) is 5.32 Å². The van der Waals surface area contributed by atoms with Crippen molar-refractivity contribution in [2.75, 3.05) is 6.54 Å². The molecule has 5 atom stereocenters. The molecular weight excluding hydrogens is 210 g/mol. The minimum atomic E-state index is -0.0485. The van der Waals surface area contributed by atoms with E-state index in [1.807, 2.05) is 0 Å². The van der Waals surface area contributed by atoms with Crippen LogP contribution in [0.3, 0.4) is 0 Å². The van der Waals surface area contributed by atoms with Gasteiger partial charge in [0.1, 0.15) is 0 Å². The first-order valence-corrected chi connectivity index (χ1v) is 7.58.